The molecular weight excluding hydrogens is 228 g/mol. The van der Waals surface area contributed by atoms with E-state index in [1.165, 1.54) is 0 Å². The van der Waals surface area contributed by atoms with Gasteiger partial charge in [-0.25, -0.2) is 0 Å². The van der Waals surface area contributed by atoms with Crippen molar-refractivity contribution >= 4 is 5.97 Å². The molecule has 3 rings (SSSR count). The van der Waals surface area contributed by atoms with E-state index in [1.54, 1.807) is 0 Å². The van der Waals surface area contributed by atoms with Gasteiger partial charge in [-0.3, -0.25) is 4.79 Å². The zero-order chi connectivity index (χ0) is 12.9. The van der Waals surface area contributed by atoms with Crippen LogP contribution in [0.3, 0.4) is 0 Å². The van der Waals surface area contributed by atoms with Crippen molar-refractivity contribution in [2.24, 2.45) is 23.2 Å². The highest BCUT2D eigenvalue weighted by molar-refractivity contribution is 5.75. The second-order valence-corrected chi connectivity index (χ2v) is 6.36. The molecule has 1 saturated heterocycles. The molecule has 0 aromatic rings. The highest BCUT2D eigenvalue weighted by Crippen LogP contribution is 2.57. The quantitative estimate of drug-likeness (QED) is 0.574. The van der Waals surface area contributed by atoms with E-state index >= 15 is 0 Å². The van der Waals surface area contributed by atoms with Crippen LogP contribution in [0.5, 0.6) is 0 Å². The molecular formula is C15H22O3. The summed E-state index contributed by atoms with van der Waals surface area (Å²) in [6, 6.07) is 0. The van der Waals surface area contributed by atoms with Crippen LogP contribution in [0.4, 0.5) is 0 Å². The van der Waals surface area contributed by atoms with E-state index in [-0.39, 0.29) is 30.0 Å². The molecule has 0 amide bonds. The summed E-state index contributed by atoms with van der Waals surface area (Å²) >= 11 is 0. The molecule has 0 aromatic heterocycles. The summed E-state index contributed by atoms with van der Waals surface area (Å²) in [4.78, 5) is 11.8. The Hall–Kier alpha value is -0.830. The fraction of sp³-hybridized carbons (Fsp3) is 0.800. The van der Waals surface area contributed by atoms with Crippen LogP contribution in [0, 0.1) is 23.2 Å². The molecule has 0 bridgehead atoms. The third-order valence-corrected chi connectivity index (χ3v) is 5.58. The zero-order valence-electron chi connectivity index (χ0n) is 11.2. The van der Waals surface area contributed by atoms with Gasteiger partial charge in [0.2, 0.25) is 0 Å². The normalized spacial score (nSPS) is 47.1. The van der Waals surface area contributed by atoms with E-state index in [0.717, 1.165) is 31.3 Å². The highest BCUT2D eigenvalue weighted by atomic mass is 16.6. The Morgan fingerprint density at radius 3 is 2.89 bits per heavy atom. The summed E-state index contributed by atoms with van der Waals surface area (Å²) in [6.07, 6.45) is 6.54. The van der Waals surface area contributed by atoms with Gasteiger partial charge in [0.25, 0.3) is 0 Å². The summed E-state index contributed by atoms with van der Waals surface area (Å²) in [6.45, 7) is 4.42. The summed E-state index contributed by atoms with van der Waals surface area (Å²) < 4.78 is 5.71. The van der Waals surface area contributed by atoms with Crippen molar-refractivity contribution in [1.82, 2.24) is 0 Å². The Bertz CT molecular complexity index is 401. The van der Waals surface area contributed by atoms with Crippen molar-refractivity contribution in [3.63, 3.8) is 0 Å². The van der Waals surface area contributed by atoms with Gasteiger partial charge in [-0.1, -0.05) is 19.9 Å². The molecule has 1 heterocycles. The lowest BCUT2D eigenvalue weighted by Gasteiger charge is -2.45. The van der Waals surface area contributed by atoms with E-state index in [1.807, 2.05) is 6.92 Å². The SMILES string of the molecule is CC1C(=O)OC2C1CCC(C)C21C=C(CO)CC1. The first-order valence-electron chi connectivity index (χ1n) is 7.10. The van der Waals surface area contributed by atoms with E-state index in [4.69, 9.17) is 4.74 Å². The number of hydrogen-bond acceptors (Lipinski definition) is 3. The number of carbonyl (C=O) groups is 1. The molecule has 2 aliphatic carbocycles. The molecule has 1 saturated carbocycles. The second-order valence-electron chi connectivity index (χ2n) is 6.36. The average Bonchev–Trinajstić information content (AvgIpc) is 2.91. The minimum Gasteiger partial charge on any atom is -0.461 e. The molecule has 3 nitrogen and oxygen atoms in total. The van der Waals surface area contributed by atoms with Gasteiger partial charge in [0.15, 0.2) is 0 Å². The maximum absolute atomic E-state index is 11.8. The highest BCUT2D eigenvalue weighted by Gasteiger charge is 2.57. The summed E-state index contributed by atoms with van der Waals surface area (Å²) in [5.74, 6) is 0.944. The van der Waals surface area contributed by atoms with Crippen molar-refractivity contribution < 1.29 is 14.6 Å². The predicted octanol–water partition coefficient (Wildman–Crippen LogP) is 2.29. The standard InChI is InChI=1S/C15H22O3/c1-9-3-4-12-10(2)14(17)18-13(12)15(9)6-5-11(7-15)8-16/h7,9-10,12-13,16H,3-6,8H2,1-2H3. The molecule has 1 N–H and O–H groups in total. The Morgan fingerprint density at radius 1 is 1.44 bits per heavy atom. The second kappa shape index (κ2) is 4.09. The number of aliphatic hydroxyl groups is 1. The Labute approximate surface area is 108 Å². The molecule has 18 heavy (non-hydrogen) atoms. The number of fused-ring (bicyclic) bond motifs is 2. The Kier molecular flexibility index (Phi) is 2.77. The van der Waals surface area contributed by atoms with Gasteiger partial charge in [-0.2, -0.15) is 0 Å². The number of aliphatic hydroxyl groups excluding tert-OH is 1. The van der Waals surface area contributed by atoms with Gasteiger partial charge in [0, 0.05) is 11.3 Å². The Morgan fingerprint density at radius 2 is 2.22 bits per heavy atom. The third kappa shape index (κ3) is 1.49. The fourth-order valence-electron chi connectivity index (χ4n) is 4.30. The van der Waals surface area contributed by atoms with Gasteiger partial charge in [0.1, 0.15) is 6.10 Å². The van der Waals surface area contributed by atoms with Crippen LogP contribution in [-0.2, 0) is 9.53 Å². The first-order valence-corrected chi connectivity index (χ1v) is 7.10. The first kappa shape index (κ1) is 12.2. The van der Waals surface area contributed by atoms with Crippen molar-refractivity contribution in [2.45, 2.75) is 45.6 Å². The average molecular weight is 250 g/mol. The largest absolute Gasteiger partial charge is 0.461 e. The molecule has 0 radical (unpaired) electrons. The predicted molar refractivity (Wildman–Crippen MR) is 67.8 cm³/mol. The number of rotatable bonds is 1. The third-order valence-electron chi connectivity index (χ3n) is 5.58. The zero-order valence-corrected chi connectivity index (χ0v) is 11.2. The maximum Gasteiger partial charge on any atom is 0.309 e. The van der Waals surface area contributed by atoms with Crippen LogP contribution in [-0.4, -0.2) is 23.8 Å². The number of esters is 1. The van der Waals surface area contributed by atoms with Crippen LogP contribution in [0.1, 0.15) is 39.5 Å². The molecule has 0 aromatic carbocycles. The van der Waals surface area contributed by atoms with E-state index in [9.17, 15) is 9.90 Å². The first-order chi connectivity index (χ1) is 8.58. The van der Waals surface area contributed by atoms with Crippen molar-refractivity contribution in [3.8, 4) is 0 Å². The topological polar surface area (TPSA) is 46.5 Å². The lowest BCUT2D eigenvalue weighted by atomic mass is 9.60. The minimum absolute atomic E-state index is 0.00139. The van der Waals surface area contributed by atoms with Crippen LogP contribution >= 0.6 is 0 Å². The van der Waals surface area contributed by atoms with Gasteiger partial charge >= 0.3 is 5.97 Å². The van der Waals surface area contributed by atoms with Gasteiger partial charge < -0.3 is 9.84 Å². The molecule has 1 aliphatic heterocycles. The van der Waals surface area contributed by atoms with E-state index < -0.39 is 0 Å². The smallest absolute Gasteiger partial charge is 0.309 e. The molecule has 3 aliphatic rings. The van der Waals surface area contributed by atoms with Gasteiger partial charge in [0.05, 0.1) is 12.5 Å². The molecule has 5 atom stereocenters. The van der Waals surface area contributed by atoms with Crippen molar-refractivity contribution in [1.29, 1.82) is 0 Å². The number of ether oxygens (including phenoxy) is 1. The molecule has 5 unspecified atom stereocenters. The molecule has 2 fully saturated rings. The van der Waals surface area contributed by atoms with E-state index in [0.29, 0.717) is 11.8 Å². The van der Waals surface area contributed by atoms with Crippen molar-refractivity contribution in [2.75, 3.05) is 6.61 Å². The summed E-state index contributed by atoms with van der Waals surface area (Å²) in [7, 11) is 0. The maximum atomic E-state index is 11.8. The van der Waals surface area contributed by atoms with Gasteiger partial charge in [-0.05, 0) is 37.2 Å². The van der Waals surface area contributed by atoms with Gasteiger partial charge in [-0.15, -0.1) is 0 Å². The van der Waals surface area contributed by atoms with Crippen LogP contribution in [0.2, 0.25) is 0 Å². The summed E-state index contributed by atoms with van der Waals surface area (Å²) in [5.41, 5.74) is 1.12. The Balaban J connectivity index is 1.97. The monoisotopic (exact) mass is 250 g/mol. The van der Waals surface area contributed by atoms with Crippen LogP contribution in [0.25, 0.3) is 0 Å². The summed E-state index contributed by atoms with van der Waals surface area (Å²) in [5, 5.41) is 9.33. The lowest BCUT2D eigenvalue weighted by molar-refractivity contribution is -0.149. The van der Waals surface area contributed by atoms with E-state index in [2.05, 4.69) is 13.0 Å². The number of hydrogen-bond donors (Lipinski definition) is 1. The molecule has 100 valence electrons. The van der Waals surface area contributed by atoms with Crippen LogP contribution < -0.4 is 0 Å². The number of carbonyl (C=O) groups excluding carboxylic acids is 1. The van der Waals surface area contributed by atoms with Crippen molar-refractivity contribution in [3.05, 3.63) is 11.6 Å². The van der Waals surface area contributed by atoms with Crippen LogP contribution in [0.15, 0.2) is 11.6 Å². The molecule has 3 heteroatoms. The fourth-order valence-corrected chi connectivity index (χ4v) is 4.30. The molecule has 1 spiro atoms. The lowest BCUT2D eigenvalue weighted by Crippen LogP contribution is -2.45. The minimum atomic E-state index is -0.0238.